The number of benzene rings is 1. The largest absolute Gasteiger partial charge is 0.466 e. The smallest absolute Gasteiger partial charge is 0.312 e. The van der Waals surface area contributed by atoms with E-state index in [0.717, 1.165) is 0 Å². The van der Waals surface area contributed by atoms with Gasteiger partial charge >= 0.3 is 5.97 Å². The number of aromatic nitrogens is 2. The summed E-state index contributed by atoms with van der Waals surface area (Å²) in [5, 5.41) is 16.1. The van der Waals surface area contributed by atoms with Crippen LogP contribution in [0.2, 0.25) is 0 Å². The van der Waals surface area contributed by atoms with Gasteiger partial charge in [0.15, 0.2) is 0 Å². The number of fused-ring (bicyclic) bond motifs is 1. The first-order valence-corrected chi connectivity index (χ1v) is 7.79. The Morgan fingerprint density at radius 1 is 1.38 bits per heavy atom. The van der Waals surface area contributed by atoms with Crippen molar-refractivity contribution in [1.29, 1.82) is 0 Å². The molecule has 0 saturated heterocycles. The van der Waals surface area contributed by atoms with Crippen molar-refractivity contribution in [3.8, 4) is 0 Å². The summed E-state index contributed by atoms with van der Waals surface area (Å²) in [6, 6.07) is 5.57. The Balaban J connectivity index is 2.20. The fraction of sp³-hybridized carbons (Fsp3) is 0.412. The Morgan fingerprint density at radius 2 is 2.04 bits per heavy atom. The highest BCUT2D eigenvalue weighted by Crippen LogP contribution is 2.44. The summed E-state index contributed by atoms with van der Waals surface area (Å²) in [6.45, 7) is 3.38. The van der Waals surface area contributed by atoms with Gasteiger partial charge in [0.05, 0.1) is 18.1 Å². The van der Waals surface area contributed by atoms with E-state index in [0.29, 0.717) is 16.8 Å². The second kappa shape index (κ2) is 5.90. The zero-order valence-electron chi connectivity index (χ0n) is 13.4. The second-order valence-electron chi connectivity index (χ2n) is 6.26. The molecule has 128 valence electrons. The SMILES string of the molecule is CCOC(=O)[C@H]1[C@H](c2ccc(F)cc2)c2c([nH][nH]c2=O)C[C@@]1(C)O. The number of carbonyl (C=O) groups excluding carboxylic acids is 1. The standard InChI is InChI=1S/C17H19FN2O4/c1-3-24-16(22)14-12(9-4-6-10(18)7-5-9)13-11(8-17(14,2)23)19-20-15(13)21/h4-7,12,14,23H,3,8H2,1-2H3,(H2,19,20,21)/t12-,14-,17-/m1/s1. The zero-order valence-corrected chi connectivity index (χ0v) is 13.4. The van der Waals surface area contributed by atoms with E-state index < -0.39 is 29.2 Å². The summed E-state index contributed by atoms with van der Waals surface area (Å²) in [7, 11) is 0. The van der Waals surface area contributed by atoms with Crippen molar-refractivity contribution in [3.05, 3.63) is 57.3 Å². The average molecular weight is 334 g/mol. The molecule has 0 saturated carbocycles. The molecule has 6 nitrogen and oxygen atoms in total. The molecule has 1 aromatic heterocycles. The molecular weight excluding hydrogens is 315 g/mol. The topological polar surface area (TPSA) is 95.2 Å². The molecule has 2 aromatic rings. The number of nitrogens with one attached hydrogen (secondary N) is 2. The molecule has 0 unspecified atom stereocenters. The summed E-state index contributed by atoms with van der Waals surface area (Å²) in [5.41, 5.74) is -0.278. The number of halogens is 1. The van der Waals surface area contributed by atoms with E-state index in [1.54, 1.807) is 13.8 Å². The number of esters is 1. The van der Waals surface area contributed by atoms with Crippen LogP contribution in [0.25, 0.3) is 0 Å². The summed E-state index contributed by atoms with van der Waals surface area (Å²) >= 11 is 0. The van der Waals surface area contributed by atoms with Crippen LogP contribution in [0.1, 0.15) is 36.6 Å². The van der Waals surface area contributed by atoms with Gasteiger partial charge in [0.1, 0.15) is 5.82 Å². The van der Waals surface area contributed by atoms with Crippen LogP contribution in [0.3, 0.4) is 0 Å². The van der Waals surface area contributed by atoms with E-state index in [1.807, 2.05) is 0 Å². The van der Waals surface area contributed by atoms with E-state index in [-0.39, 0.29) is 18.6 Å². The van der Waals surface area contributed by atoms with Crippen LogP contribution in [-0.2, 0) is 16.0 Å². The van der Waals surface area contributed by atoms with Crippen LogP contribution in [0.15, 0.2) is 29.1 Å². The lowest BCUT2D eigenvalue weighted by Crippen LogP contribution is -2.50. The molecule has 1 aliphatic carbocycles. The minimum Gasteiger partial charge on any atom is -0.466 e. The quantitative estimate of drug-likeness (QED) is 0.741. The number of aliphatic hydroxyl groups is 1. The van der Waals surface area contributed by atoms with Gasteiger partial charge in [0, 0.05) is 23.6 Å². The Labute approximate surface area is 137 Å². The van der Waals surface area contributed by atoms with Crippen molar-refractivity contribution < 1.29 is 19.0 Å². The Kier molecular flexibility index (Phi) is 4.04. The molecule has 0 bridgehead atoms. The van der Waals surface area contributed by atoms with Gasteiger partial charge in [0.25, 0.3) is 5.56 Å². The van der Waals surface area contributed by atoms with E-state index in [4.69, 9.17) is 4.74 Å². The lowest BCUT2D eigenvalue weighted by Gasteiger charge is -2.40. The molecule has 1 heterocycles. The van der Waals surface area contributed by atoms with E-state index in [2.05, 4.69) is 10.2 Å². The van der Waals surface area contributed by atoms with E-state index >= 15 is 0 Å². The first kappa shape index (κ1) is 16.4. The average Bonchev–Trinajstić information content (AvgIpc) is 2.86. The molecule has 0 aliphatic heterocycles. The third-order valence-corrected chi connectivity index (χ3v) is 4.52. The predicted molar refractivity (Wildman–Crippen MR) is 84.1 cm³/mol. The minimum absolute atomic E-state index is 0.113. The van der Waals surface area contributed by atoms with Crippen molar-refractivity contribution in [1.82, 2.24) is 10.2 Å². The third kappa shape index (κ3) is 2.65. The molecule has 7 heteroatoms. The molecule has 1 aliphatic rings. The van der Waals surface area contributed by atoms with Crippen molar-refractivity contribution in [2.75, 3.05) is 6.61 Å². The van der Waals surface area contributed by atoms with Crippen LogP contribution in [0.5, 0.6) is 0 Å². The molecule has 0 fully saturated rings. The fourth-order valence-electron chi connectivity index (χ4n) is 3.52. The Hall–Kier alpha value is -2.41. The van der Waals surface area contributed by atoms with Crippen molar-refractivity contribution >= 4 is 5.97 Å². The lowest BCUT2D eigenvalue weighted by atomic mass is 9.66. The monoisotopic (exact) mass is 334 g/mol. The molecule has 3 rings (SSSR count). The molecular formula is C17H19FN2O4. The molecule has 0 amide bonds. The van der Waals surface area contributed by atoms with Gasteiger partial charge in [0.2, 0.25) is 0 Å². The maximum Gasteiger partial charge on any atom is 0.312 e. The number of carbonyl (C=O) groups is 1. The lowest BCUT2D eigenvalue weighted by molar-refractivity contribution is -0.159. The summed E-state index contributed by atoms with van der Waals surface area (Å²) in [5.74, 6) is -2.69. The molecule has 3 atom stereocenters. The number of H-pyrrole nitrogens is 2. The van der Waals surface area contributed by atoms with E-state index in [1.165, 1.54) is 24.3 Å². The highest BCUT2D eigenvalue weighted by molar-refractivity contribution is 5.77. The summed E-state index contributed by atoms with van der Waals surface area (Å²) in [4.78, 5) is 24.8. The third-order valence-electron chi connectivity index (χ3n) is 4.52. The molecule has 24 heavy (non-hydrogen) atoms. The molecule has 0 radical (unpaired) electrons. The number of hydrogen-bond acceptors (Lipinski definition) is 4. The van der Waals surface area contributed by atoms with Gasteiger partial charge < -0.3 is 14.9 Å². The predicted octanol–water partition coefficient (Wildman–Crippen LogP) is 1.46. The first-order chi connectivity index (χ1) is 11.3. The van der Waals surface area contributed by atoms with Crippen LogP contribution in [0.4, 0.5) is 4.39 Å². The zero-order chi connectivity index (χ0) is 17.5. The molecule has 3 N–H and O–H groups in total. The van der Waals surface area contributed by atoms with Crippen molar-refractivity contribution in [2.45, 2.75) is 31.8 Å². The van der Waals surface area contributed by atoms with Gasteiger partial charge in [-0.3, -0.25) is 14.7 Å². The number of aromatic amines is 2. The maximum absolute atomic E-state index is 13.3. The number of rotatable bonds is 3. The van der Waals surface area contributed by atoms with Crippen LogP contribution in [-0.4, -0.2) is 33.5 Å². The highest BCUT2D eigenvalue weighted by Gasteiger charge is 2.51. The van der Waals surface area contributed by atoms with Gasteiger partial charge in [-0.2, -0.15) is 0 Å². The van der Waals surface area contributed by atoms with Crippen molar-refractivity contribution in [2.24, 2.45) is 5.92 Å². The normalized spacial score (nSPS) is 26.0. The number of ether oxygens (including phenoxy) is 1. The van der Waals surface area contributed by atoms with Gasteiger partial charge in [-0.15, -0.1) is 0 Å². The van der Waals surface area contributed by atoms with Crippen LogP contribution in [0, 0.1) is 11.7 Å². The maximum atomic E-state index is 13.3. The minimum atomic E-state index is -1.41. The second-order valence-corrected chi connectivity index (χ2v) is 6.26. The Bertz CT molecular complexity index is 807. The van der Waals surface area contributed by atoms with Crippen molar-refractivity contribution in [3.63, 3.8) is 0 Å². The summed E-state index contributed by atoms with van der Waals surface area (Å²) < 4.78 is 18.4. The number of hydrogen-bond donors (Lipinski definition) is 3. The Morgan fingerprint density at radius 3 is 2.67 bits per heavy atom. The molecule has 1 aromatic carbocycles. The van der Waals surface area contributed by atoms with Crippen LogP contribution < -0.4 is 5.56 Å². The van der Waals surface area contributed by atoms with Gasteiger partial charge in [-0.05, 0) is 31.5 Å². The summed E-state index contributed by atoms with van der Waals surface area (Å²) in [6.07, 6.45) is 0.113. The molecule has 0 spiro atoms. The fourth-order valence-corrected chi connectivity index (χ4v) is 3.52. The van der Waals surface area contributed by atoms with Crippen LogP contribution >= 0.6 is 0 Å². The first-order valence-electron chi connectivity index (χ1n) is 7.79. The van der Waals surface area contributed by atoms with Gasteiger partial charge in [-0.25, -0.2) is 4.39 Å². The van der Waals surface area contributed by atoms with Gasteiger partial charge in [-0.1, -0.05) is 12.1 Å². The van der Waals surface area contributed by atoms with E-state index in [9.17, 15) is 19.1 Å². The highest BCUT2D eigenvalue weighted by atomic mass is 19.1.